The number of ether oxygens (including phenoxy) is 1. The van der Waals surface area contributed by atoms with Crippen LogP contribution in [-0.2, 0) is 28.8 Å². The Bertz CT molecular complexity index is 1190. The van der Waals surface area contributed by atoms with Gasteiger partial charge in [0.25, 0.3) is 0 Å². The molecule has 3 rings (SSSR count). The Labute approximate surface area is 232 Å². The van der Waals surface area contributed by atoms with Crippen LogP contribution in [0, 0.1) is 0 Å². The molecule has 6 nitrogen and oxygen atoms in total. The van der Waals surface area contributed by atoms with Gasteiger partial charge in [-0.05, 0) is 56.7 Å². The number of alkyl carbamates (subject to hydrolysis) is 1. The van der Waals surface area contributed by atoms with Gasteiger partial charge in [-0.1, -0.05) is 103 Å². The number of carbonyl (C=O) groups excluding carboxylic acids is 2. The standard InChI is InChI=1S/C33H40N2O4/c1-24(20-25-14-8-5-9-15-25)21-30(36)28(22-26-16-10-6-11-17-26)34-31(37)29(23-27-18-12-7-13-19-27)35-32(38)39-33(2,3)4/h5-19,28-30,36H,1,20-23H2,2-4H3,(H,34,37)(H,35,38)/t28-,29-,30-/m0/s1. The molecule has 0 aromatic heterocycles. The van der Waals surface area contributed by atoms with Gasteiger partial charge in [0.05, 0.1) is 12.1 Å². The van der Waals surface area contributed by atoms with Crippen LogP contribution in [0.1, 0.15) is 43.9 Å². The third kappa shape index (κ3) is 10.8. The van der Waals surface area contributed by atoms with Gasteiger partial charge in [-0.15, -0.1) is 0 Å². The maximum atomic E-state index is 13.6. The fourth-order valence-electron chi connectivity index (χ4n) is 4.34. The zero-order valence-corrected chi connectivity index (χ0v) is 23.1. The summed E-state index contributed by atoms with van der Waals surface area (Å²) in [7, 11) is 0. The summed E-state index contributed by atoms with van der Waals surface area (Å²) in [5, 5.41) is 17.0. The molecule has 0 aliphatic heterocycles. The summed E-state index contributed by atoms with van der Waals surface area (Å²) in [5.74, 6) is -0.390. The highest BCUT2D eigenvalue weighted by molar-refractivity contribution is 5.86. The molecule has 3 atom stereocenters. The lowest BCUT2D eigenvalue weighted by Crippen LogP contribution is -2.54. The van der Waals surface area contributed by atoms with Crippen LogP contribution >= 0.6 is 0 Å². The van der Waals surface area contributed by atoms with Crippen LogP contribution in [0.3, 0.4) is 0 Å². The van der Waals surface area contributed by atoms with Crippen molar-refractivity contribution in [3.05, 3.63) is 120 Å². The molecule has 0 bridgehead atoms. The summed E-state index contributed by atoms with van der Waals surface area (Å²) in [6.45, 7) is 9.49. The van der Waals surface area contributed by atoms with E-state index >= 15 is 0 Å². The molecule has 3 N–H and O–H groups in total. The number of rotatable bonds is 12. The smallest absolute Gasteiger partial charge is 0.408 e. The maximum Gasteiger partial charge on any atom is 0.408 e. The Kier molecular flexibility index (Phi) is 10.9. The maximum absolute atomic E-state index is 13.6. The van der Waals surface area contributed by atoms with Gasteiger partial charge in [0, 0.05) is 6.42 Å². The summed E-state index contributed by atoms with van der Waals surface area (Å²) in [6.07, 6.45) is 0.132. The molecule has 0 radical (unpaired) electrons. The fourth-order valence-corrected chi connectivity index (χ4v) is 4.34. The van der Waals surface area contributed by atoms with Gasteiger partial charge in [-0.3, -0.25) is 4.79 Å². The van der Waals surface area contributed by atoms with E-state index in [0.717, 1.165) is 22.3 Å². The summed E-state index contributed by atoms with van der Waals surface area (Å²) in [5.41, 5.74) is 3.15. The molecule has 0 heterocycles. The van der Waals surface area contributed by atoms with E-state index in [-0.39, 0.29) is 6.42 Å². The van der Waals surface area contributed by atoms with Gasteiger partial charge in [0.15, 0.2) is 0 Å². The Morgan fingerprint density at radius 1 is 0.795 bits per heavy atom. The summed E-state index contributed by atoms with van der Waals surface area (Å²) < 4.78 is 5.42. The molecular formula is C33H40N2O4. The van der Waals surface area contributed by atoms with Gasteiger partial charge in [0.1, 0.15) is 11.6 Å². The SMILES string of the molecule is C=C(Cc1ccccc1)C[C@H](O)[C@H](Cc1ccccc1)NC(=O)[C@H](Cc1ccccc1)NC(=O)OC(C)(C)C. The normalized spacial score (nSPS) is 13.5. The predicted molar refractivity (Wildman–Crippen MR) is 155 cm³/mol. The van der Waals surface area contributed by atoms with Crippen LogP contribution in [-0.4, -0.2) is 40.9 Å². The second-order valence-electron chi connectivity index (χ2n) is 10.9. The van der Waals surface area contributed by atoms with Crippen LogP contribution in [0.5, 0.6) is 0 Å². The second-order valence-corrected chi connectivity index (χ2v) is 10.9. The minimum atomic E-state index is -0.889. The van der Waals surface area contributed by atoms with Crippen molar-refractivity contribution in [2.45, 2.75) is 70.2 Å². The molecule has 0 aliphatic carbocycles. The molecule has 2 amide bonds. The fraction of sp³-hybridized carbons (Fsp3) is 0.333. The average Bonchev–Trinajstić information content (AvgIpc) is 2.88. The van der Waals surface area contributed by atoms with E-state index in [9.17, 15) is 14.7 Å². The third-order valence-electron chi connectivity index (χ3n) is 6.18. The van der Waals surface area contributed by atoms with Crippen LogP contribution in [0.25, 0.3) is 0 Å². The quantitative estimate of drug-likeness (QED) is 0.275. The lowest BCUT2D eigenvalue weighted by Gasteiger charge is -2.28. The van der Waals surface area contributed by atoms with Gasteiger partial charge in [0.2, 0.25) is 5.91 Å². The first-order valence-corrected chi connectivity index (χ1v) is 13.4. The van der Waals surface area contributed by atoms with E-state index in [4.69, 9.17) is 4.74 Å². The lowest BCUT2D eigenvalue weighted by atomic mass is 9.93. The van der Waals surface area contributed by atoms with Crippen molar-refractivity contribution in [3.8, 4) is 0 Å². The average molecular weight is 529 g/mol. The molecule has 3 aromatic carbocycles. The largest absolute Gasteiger partial charge is 0.444 e. The van der Waals surface area contributed by atoms with Gasteiger partial charge in [-0.25, -0.2) is 4.79 Å². The highest BCUT2D eigenvalue weighted by atomic mass is 16.6. The van der Waals surface area contributed by atoms with Crippen LogP contribution in [0.15, 0.2) is 103 Å². The zero-order valence-electron chi connectivity index (χ0n) is 23.1. The first kappa shape index (κ1) is 29.7. The van der Waals surface area contributed by atoms with E-state index in [1.807, 2.05) is 91.0 Å². The van der Waals surface area contributed by atoms with Crippen molar-refractivity contribution in [1.29, 1.82) is 0 Å². The van der Waals surface area contributed by atoms with Crippen LogP contribution < -0.4 is 10.6 Å². The zero-order chi connectivity index (χ0) is 28.3. The monoisotopic (exact) mass is 528 g/mol. The van der Waals surface area contributed by atoms with Crippen molar-refractivity contribution in [3.63, 3.8) is 0 Å². The highest BCUT2D eigenvalue weighted by Crippen LogP contribution is 2.17. The number of amides is 2. The van der Waals surface area contributed by atoms with Crippen molar-refractivity contribution in [2.24, 2.45) is 0 Å². The van der Waals surface area contributed by atoms with Crippen molar-refractivity contribution in [2.75, 3.05) is 0 Å². The molecule has 0 spiro atoms. The lowest BCUT2D eigenvalue weighted by molar-refractivity contribution is -0.124. The molecule has 0 fully saturated rings. The molecule has 0 aliphatic rings. The van der Waals surface area contributed by atoms with E-state index in [2.05, 4.69) is 17.2 Å². The topological polar surface area (TPSA) is 87.7 Å². The van der Waals surface area contributed by atoms with Gasteiger partial charge < -0.3 is 20.5 Å². The third-order valence-corrected chi connectivity index (χ3v) is 6.18. The Balaban J connectivity index is 1.77. The summed E-state index contributed by atoms with van der Waals surface area (Å²) in [4.78, 5) is 26.2. The molecule has 0 saturated carbocycles. The van der Waals surface area contributed by atoms with Gasteiger partial charge in [-0.2, -0.15) is 0 Å². The van der Waals surface area contributed by atoms with Crippen molar-refractivity contribution in [1.82, 2.24) is 10.6 Å². The number of aliphatic hydroxyl groups excluding tert-OH is 1. The highest BCUT2D eigenvalue weighted by Gasteiger charge is 2.29. The number of hydrogen-bond acceptors (Lipinski definition) is 4. The number of nitrogens with one attached hydrogen (secondary N) is 2. The van der Waals surface area contributed by atoms with E-state index in [0.29, 0.717) is 19.3 Å². The first-order valence-electron chi connectivity index (χ1n) is 13.4. The molecule has 0 saturated heterocycles. The molecular weight excluding hydrogens is 488 g/mol. The van der Waals surface area contributed by atoms with E-state index in [1.54, 1.807) is 20.8 Å². The first-order chi connectivity index (χ1) is 18.6. The van der Waals surface area contributed by atoms with Crippen LogP contribution in [0.4, 0.5) is 4.79 Å². The number of benzene rings is 3. The van der Waals surface area contributed by atoms with Crippen LogP contribution in [0.2, 0.25) is 0 Å². The van der Waals surface area contributed by atoms with E-state index < -0.39 is 35.8 Å². The molecule has 39 heavy (non-hydrogen) atoms. The minimum absolute atomic E-state index is 0.279. The molecule has 3 aromatic rings. The van der Waals surface area contributed by atoms with Gasteiger partial charge >= 0.3 is 6.09 Å². The molecule has 0 unspecified atom stereocenters. The minimum Gasteiger partial charge on any atom is -0.444 e. The summed E-state index contributed by atoms with van der Waals surface area (Å²) >= 11 is 0. The second kappa shape index (κ2) is 14.3. The number of aliphatic hydroxyl groups is 1. The Morgan fingerprint density at radius 3 is 1.79 bits per heavy atom. The van der Waals surface area contributed by atoms with E-state index in [1.165, 1.54) is 0 Å². The van der Waals surface area contributed by atoms with Crippen molar-refractivity contribution < 1.29 is 19.4 Å². The Hall–Kier alpha value is -3.90. The number of carbonyl (C=O) groups is 2. The number of hydrogen-bond donors (Lipinski definition) is 3. The Morgan fingerprint density at radius 2 is 1.28 bits per heavy atom. The van der Waals surface area contributed by atoms with Crippen molar-refractivity contribution >= 4 is 12.0 Å². The molecule has 206 valence electrons. The molecule has 6 heteroatoms. The predicted octanol–water partition coefficient (Wildman–Crippen LogP) is 5.40. The summed E-state index contributed by atoms with van der Waals surface area (Å²) in [6, 6.07) is 27.7.